The van der Waals surface area contributed by atoms with E-state index >= 15 is 0 Å². The second-order valence-electron chi connectivity index (χ2n) is 4.27. The highest BCUT2D eigenvalue weighted by Gasteiger charge is 2.16. The van der Waals surface area contributed by atoms with Gasteiger partial charge in [0.1, 0.15) is 17.0 Å². The first kappa shape index (κ1) is 11.4. The van der Waals surface area contributed by atoms with Crippen LogP contribution < -0.4 is 0 Å². The molecule has 0 fully saturated rings. The molecule has 0 radical (unpaired) electrons. The number of hydrogen-bond donors (Lipinski definition) is 2. The fourth-order valence-electron chi connectivity index (χ4n) is 2.15. The molecule has 3 rings (SSSR count). The number of aromatic nitrogens is 1. The Bertz CT molecular complexity index is 782. The van der Waals surface area contributed by atoms with E-state index in [4.69, 9.17) is 9.52 Å². The quantitative estimate of drug-likeness (QED) is 0.740. The van der Waals surface area contributed by atoms with Gasteiger partial charge in [0.05, 0.1) is 11.1 Å². The van der Waals surface area contributed by atoms with E-state index in [0.717, 1.165) is 0 Å². The van der Waals surface area contributed by atoms with Gasteiger partial charge in [0.15, 0.2) is 5.76 Å². The van der Waals surface area contributed by atoms with Crippen LogP contribution in [0.1, 0.15) is 10.5 Å². The number of rotatable bonds is 2. The molecule has 2 N–H and O–H groups in total. The Morgan fingerprint density at radius 3 is 2.68 bits per heavy atom. The standard InChI is InChI=1S/C14H11NO4/c1-15-9(5-6-10(15)14(17)18)13-7-8-11(16)3-2-4-12(8)19-13/h2-7,16H,1H3,(H,17,18). The van der Waals surface area contributed by atoms with Gasteiger partial charge in [-0.1, -0.05) is 6.07 Å². The molecule has 5 heteroatoms. The third kappa shape index (κ3) is 1.67. The Morgan fingerprint density at radius 2 is 2.05 bits per heavy atom. The Morgan fingerprint density at radius 1 is 1.26 bits per heavy atom. The van der Waals surface area contributed by atoms with Gasteiger partial charge in [-0.25, -0.2) is 4.79 Å². The molecule has 3 aromatic rings. The van der Waals surface area contributed by atoms with Crippen molar-refractivity contribution >= 4 is 16.9 Å². The van der Waals surface area contributed by atoms with Crippen LogP contribution in [-0.4, -0.2) is 20.7 Å². The van der Waals surface area contributed by atoms with Gasteiger partial charge >= 0.3 is 5.97 Å². The third-order valence-corrected chi connectivity index (χ3v) is 3.13. The van der Waals surface area contributed by atoms with Crippen molar-refractivity contribution in [3.05, 3.63) is 42.1 Å². The van der Waals surface area contributed by atoms with Crippen molar-refractivity contribution in [2.45, 2.75) is 0 Å². The van der Waals surface area contributed by atoms with Crippen LogP contribution in [0.3, 0.4) is 0 Å². The molecule has 0 aliphatic rings. The fourth-order valence-corrected chi connectivity index (χ4v) is 2.15. The number of carboxylic acids is 1. The summed E-state index contributed by atoms with van der Waals surface area (Å²) in [7, 11) is 1.66. The Balaban J connectivity index is 2.20. The molecule has 0 saturated heterocycles. The van der Waals surface area contributed by atoms with Crippen LogP contribution in [-0.2, 0) is 7.05 Å². The van der Waals surface area contributed by atoms with Crippen molar-refractivity contribution in [2.24, 2.45) is 7.05 Å². The predicted molar refractivity (Wildman–Crippen MR) is 69.2 cm³/mol. The number of furan rings is 1. The van der Waals surface area contributed by atoms with E-state index in [1.807, 2.05) is 0 Å². The fraction of sp³-hybridized carbons (Fsp3) is 0.0714. The van der Waals surface area contributed by atoms with Crippen molar-refractivity contribution in [2.75, 3.05) is 0 Å². The molecule has 0 atom stereocenters. The minimum absolute atomic E-state index is 0.139. The minimum atomic E-state index is -0.993. The highest BCUT2D eigenvalue weighted by Crippen LogP contribution is 2.33. The molecular weight excluding hydrogens is 246 g/mol. The maximum atomic E-state index is 11.0. The van der Waals surface area contributed by atoms with E-state index in [-0.39, 0.29) is 11.4 Å². The van der Waals surface area contributed by atoms with Crippen molar-refractivity contribution in [3.8, 4) is 17.2 Å². The number of benzene rings is 1. The lowest BCUT2D eigenvalue weighted by atomic mass is 10.2. The SMILES string of the molecule is Cn1c(C(=O)O)ccc1-c1cc2c(O)cccc2o1. The maximum Gasteiger partial charge on any atom is 0.352 e. The first-order valence-corrected chi connectivity index (χ1v) is 5.69. The van der Waals surface area contributed by atoms with E-state index in [1.165, 1.54) is 10.6 Å². The third-order valence-electron chi connectivity index (χ3n) is 3.13. The number of phenolic OH excluding ortho intramolecular Hbond substituents is 1. The number of hydrogen-bond acceptors (Lipinski definition) is 3. The second-order valence-corrected chi connectivity index (χ2v) is 4.27. The van der Waals surface area contributed by atoms with Crippen LogP contribution >= 0.6 is 0 Å². The zero-order valence-electron chi connectivity index (χ0n) is 10.1. The summed E-state index contributed by atoms with van der Waals surface area (Å²) in [6.07, 6.45) is 0. The molecule has 2 aromatic heterocycles. The van der Waals surface area contributed by atoms with Crippen LogP contribution in [0, 0.1) is 0 Å². The summed E-state index contributed by atoms with van der Waals surface area (Å²) in [4.78, 5) is 11.0. The number of phenols is 1. The first-order chi connectivity index (χ1) is 9.08. The summed E-state index contributed by atoms with van der Waals surface area (Å²) >= 11 is 0. The zero-order chi connectivity index (χ0) is 13.6. The Kier molecular flexibility index (Phi) is 2.35. The van der Waals surface area contributed by atoms with Crippen LogP contribution in [0.25, 0.3) is 22.4 Å². The smallest absolute Gasteiger partial charge is 0.352 e. The number of fused-ring (bicyclic) bond motifs is 1. The summed E-state index contributed by atoms with van der Waals surface area (Å²) in [5, 5.41) is 19.4. The Hall–Kier alpha value is -2.69. The normalized spacial score (nSPS) is 11.0. The molecule has 0 bridgehead atoms. The largest absolute Gasteiger partial charge is 0.507 e. The van der Waals surface area contributed by atoms with Crippen molar-refractivity contribution in [3.63, 3.8) is 0 Å². The van der Waals surface area contributed by atoms with Gasteiger partial charge in [-0.15, -0.1) is 0 Å². The summed E-state index contributed by atoms with van der Waals surface area (Å²) in [5.74, 6) is -0.334. The molecule has 0 saturated carbocycles. The first-order valence-electron chi connectivity index (χ1n) is 5.69. The molecule has 5 nitrogen and oxygen atoms in total. The monoisotopic (exact) mass is 257 g/mol. The van der Waals surface area contributed by atoms with Crippen LogP contribution in [0.5, 0.6) is 5.75 Å². The van der Waals surface area contributed by atoms with Gasteiger partial charge in [0.2, 0.25) is 0 Å². The zero-order valence-corrected chi connectivity index (χ0v) is 10.1. The van der Waals surface area contributed by atoms with Gasteiger partial charge in [-0.2, -0.15) is 0 Å². The molecule has 0 aliphatic carbocycles. The van der Waals surface area contributed by atoms with Gasteiger partial charge in [-0.05, 0) is 30.3 Å². The molecular formula is C14H11NO4. The summed E-state index contributed by atoms with van der Waals surface area (Å²) in [6.45, 7) is 0. The number of carbonyl (C=O) groups is 1. The van der Waals surface area contributed by atoms with Crippen molar-refractivity contribution in [1.29, 1.82) is 0 Å². The van der Waals surface area contributed by atoms with Crippen LogP contribution in [0.4, 0.5) is 0 Å². The van der Waals surface area contributed by atoms with E-state index in [9.17, 15) is 9.90 Å². The number of nitrogens with zero attached hydrogens (tertiary/aromatic N) is 1. The number of aromatic hydroxyl groups is 1. The highest BCUT2D eigenvalue weighted by atomic mass is 16.4. The molecule has 0 spiro atoms. The number of aromatic carboxylic acids is 1. The molecule has 0 amide bonds. The van der Waals surface area contributed by atoms with Gasteiger partial charge < -0.3 is 19.2 Å². The lowest BCUT2D eigenvalue weighted by molar-refractivity contribution is 0.0686. The average Bonchev–Trinajstić information content (AvgIpc) is 2.93. The van der Waals surface area contributed by atoms with E-state index in [0.29, 0.717) is 22.4 Å². The second kappa shape index (κ2) is 3.91. The number of carboxylic acid groups (broad SMARTS) is 1. The van der Waals surface area contributed by atoms with E-state index < -0.39 is 5.97 Å². The minimum Gasteiger partial charge on any atom is -0.507 e. The molecule has 96 valence electrons. The van der Waals surface area contributed by atoms with Gasteiger partial charge in [0, 0.05) is 7.05 Å². The van der Waals surface area contributed by atoms with Crippen molar-refractivity contribution in [1.82, 2.24) is 4.57 Å². The maximum absolute atomic E-state index is 11.0. The Labute approximate surface area is 108 Å². The molecule has 2 heterocycles. The predicted octanol–water partition coefficient (Wildman–Crippen LogP) is 2.84. The van der Waals surface area contributed by atoms with Gasteiger partial charge in [0.25, 0.3) is 0 Å². The molecule has 19 heavy (non-hydrogen) atoms. The lowest BCUT2D eigenvalue weighted by Gasteiger charge is -2.01. The van der Waals surface area contributed by atoms with E-state index in [2.05, 4.69) is 0 Å². The lowest BCUT2D eigenvalue weighted by Crippen LogP contribution is -2.04. The summed E-state index contributed by atoms with van der Waals surface area (Å²) in [5.41, 5.74) is 1.39. The highest BCUT2D eigenvalue weighted by molar-refractivity contribution is 5.90. The molecule has 1 aromatic carbocycles. The van der Waals surface area contributed by atoms with Crippen LogP contribution in [0.15, 0.2) is 40.8 Å². The van der Waals surface area contributed by atoms with Crippen molar-refractivity contribution < 1.29 is 19.4 Å². The van der Waals surface area contributed by atoms with Gasteiger partial charge in [-0.3, -0.25) is 0 Å². The van der Waals surface area contributed by atoms with Crippen LogP contribution in [0.2, 0.25) is 0 Å². The molecule has 0 aliphatic heterocycles. The molecule has 0 unspecified atom stereocenters. The van der Waals surface area contributed by atoms with E-state index in [1.54, 1.807) is 37.4 Å². The topological polar surface area (TPSA) is 75.6 Å². The average molecular weight is 257 g/mol. The summed E-state index contributed by atoms with van der Waals surface area (Å²) < 4.78 is 7.17. The summed E-state index contributed by atoms with van der Waals surface area (Å²) in [6, 6.07) is 9.92.